The molecule has 0 saturated heterocycles. The Morgan fingerprint density at radius 1 is 1.22 bits per heavy atom. The van der Waals surface area contributed by atoms with E-state index in [1.54, 1.807) is 23.6 Å². The lowest BCUT2D eigenvalue weighted by Gasteiger charge is -2.16. The fraction of sp³-hybridized carbons (Fsp3) is 0.0556. The molecular weight excluding hydrogens is 412 g/mol. The molecule has 0 aliphatic carbocycles. The Morgan fingerprint density at radius 3 is 2.59 bits per heavy atom. The van der Waals surface area contributed by atoms with Gasteiger partial charge < -0.3 is 15.1 Å². The van der Waals surface area contributed by atoms with Crippen molar-refractivity contribution in [2.45, 2.75) is 5.66 Å². The highest BCUT2D eigenvalue weighted by molar-refractivity contribution is 7.53. The van der Waals surface area contributed by atoms with Crippen LogP contribution >= 0.6 is 30.5 Å². The molecule has 27 heavy (non-hydrogen) atoms. The number of nitrogens with one attached hydrogen (secondary N) is 1. The van der Waals surface area contributed by atoms with Crippen LogP contribution in [-0.2, 0) is 9.36 Å². The normalized spacial score (nSPS) is 13.2. The van der Waals surface area contributed by atoms with Crippen LogP contribution in [0.15, 0.2) is 54.0 Å². The number of benzene rings is 2. The number of hydrogen-bond donors (Lipinski definition) is 3. The van der Waals surface area contributed by atoms with Crippen molar-refractivity contribution in [2.75, 3.05) is 0 Å². The van der Waals surface area contributed by atoms with Crippen LogP contribution in [0.2, 0.25) is 5.02 Å². The molecule has 3 aromatic rings. The van der Waals surface area contributed by atoms with Crippen LogP contribution in [0.25, 0.3) is 16.2 Å². The maximum absolute atomic E-state index is 12.9. The molecule has 140 valence electrons. The number of rotatable bonds is 5. The minimum atomic E-state index is -4.79. The minimum absolute atomic E-state index is 0.221. The Morgan fingerprint density at radius 2 is 1.93 bits per heavy atom. The van der Waals surface area contributed by atoms with Gasteiger partial charge in [0.15, 0.2) is 5.66 Å². The second-order valence-electron chi connectivity index (χ2n) is 5.72. The number of thiophene rings is 1. The van der Waals surface area contributed by atoms with Crippen molar-refractivity contribution in [1.82, 2.24) is 5.32 Å². The van der Waals surface area contributed by atoms with Gasteiger partial charge in [-0.3, -0.25) is 9.36 Å². The summed E-state index contributed by atoms with van der Waals surface area (Å²) < 4.78 is 25.7. The molecule has 3 N–H and O–H groups in total. The van der Waals surface area contributed by atoms with E-state index in [1.807, 2.05) is 0 Å². The molecule has 1 unspecified atom stereocenters. The summed E-state index contributed by atoms with van der Waals surface area (Å²) in [7, 11) is -4.79. The number of amides is 1. The Balaban J connectivity index is 1.88. The molecule has 9 heteroatoms. The van der Waals surface area contributed by atoms with Crippen LogP contribution in [0.4, 0.5) is 4.39 Å². The largest absolute Gasteiger partial charge is 0.342 e. The van der Waals surface area contributed by atoms with Crippen LogP contribution in [0.5, 0.6) is 0 Å². The van der Waals surface area contributed by atoms with Crippen LogP contribution in [0, 0.1) is 5.82 Å². The zero-order valence-corrected chi connectivity index (χ0v) is 16.1. The Kier molecular flexibility index (Phi) is 5.79. The van der Waals surface area contributed by atoms with Gasteiger partial charge in [-0.05, 0) is 58.3 Å². The van der Waals surface area contributed by atoms with E-state index in [4.69, 9.17) is 11.6 Å². The molecule has 1 amide bonds. The molecule has 0 bridgehead atoms. The summed E-state index contributed by atoms with van der Waals surface area (Å²) in [6, 6.07) is 10.5. The molecule has 0 radical (unpaired) electrons. The quantitative estimate of drug-likeness (QED) is 0.517. The summed E-state index contributed by atoms with van der Waals surface area (Å²) >= 11 is 7.25. The van der Waals surface area contributed by atoms with Gasteiger partial charge in [0.2, 0.25) is 5.91 Å². The summed E-state index contributed by atoms with van der Waals surface area (Å²) in [5.41, 5.74) is -0.821. The fourth-order valence-electron chi connectivity index (χ4n) is 2.58. The van der Waals surface area contributed by atoms with Gasteiger partial charge in [-0.1, -0.05) is 23.7 Å². The molecule has 0 saturated carbocycles. The first-order valence-corrected chi connectivity index (χ1v) is 10.6. The molecule has 1 aromatic heterocycles. The maximum Gasteiger partial charge on any atom is 0.342 e. The van der Waals surface area contributed by atoms with Crippen molar-refractivity contribution < 1.29 is 23.5 Å². The standard InChI is InChI=1S/C18H14ClFNO4PS/c19-12-3-6-16-14(9-12)15(10-27-16)17(26(23,24)25)18(22)21-8-7-11-1-4-13(20)5-2-11/h1-10,17H,(H,21,22)(H2,23,24,25)/b8-7+. The number of fused-ring (bicyclic) bond motifs is 1. The third kappa shape index (κ3) is 4.64. The molecule has 5 nitrogen and oxygen atoms in total. The Labute approximate surface area is 163 Å². The molecule has 0 aliphatic heterocycles. The zero-order valence-electron chi connectivity index (χ0n) is 13.7. The molecule has 0 aliphatic rings. The van der Waals surface area contributed by atoms with Crippen molar-refractivity contribution in [2.24, 2.45) is 0 Å². The lowest BCUT2D eigenvalue weighted by Crippen LogP contribution is -2.25. The maximum atomic E-state index is 12.9. The van der Waals surface area contributed by atoms with E-state index in [0.29, 0.717) is 16.0 Å². The smallest absolute Gasteiger partial charge is 0.332 e. The van der Waals surface area contributed by atoms with Gasteiger partial charge in [-0.2, -0.15) is 0 Å². The first-order chi connectivity index (χ1) is 12.8. The van der Waals surface area contributed by atoms with Gasteiger partial charge in [0.05, 0.1) is 0 Å². The molecule has 1 heterocycles. The van der Waals surface area contributed by atoms with E-state index < -0.39 is 19.2 Å². The number of carbonyl (C=O) groups is 1. The van der Waals surface area contributed by atoms with Gasteiger partial charge in [0.1, 0.15) is 5.82 Å². The van der Waals surface area contributed by atoms with E-state index in [-0.39, 0.29) is 11.4 Å². The SMILES string of the molecule is O=C(N/C=C/c1ccc(F)cc1)C(c1csc2ccc(Cl)cc12)P(=O)(O)O. The first kappa shape index (κ1) is 19.7. The highest BCUT2D eigenvalue weighted by Crippen LogP contribution is 2.54. The lowest BCUT2D eigenvalue weighted by molar-refractivity contribution is -0.120. The zero-order chi connectivity index (χ0) is 19.6. The Hall–Kier alpha value is -2.02. The molecule has 0 fully saturated rings. The van der Waals surface area contributed by atoms with Gasteiger partial charge in [-0.25, -0.2) is 4.39 Å². The number of hydrogen-bond acceptors (Lipinski definition) is 3. The summed E-state index contributed by atoms with van der Waals surface area (Å²) in [5, 5.41) is 4.87. The average molecular weight is 426 g/mol. The first-order valence-electron chi connectivity index (χ1n) is 7.70. The van der Waals surface area contributed by atoms with Crippen LogP contribution < -0.4 is 5.32 Å². The van der Waals surface area contributed by atoms with E-state index >= 15 is 0 Å². The predicted octanol–water partition coefficient (Wildman–Crippen LogP) is 4.70. The fourth-order valence-corrected chi connectivity index (χ4v) is 4.78. The van der Waals surface area contributed by atoms with Gasteiger partial charge in [0.25, 0.3) is 0 Å². The monoisotopic (exact) mass is 425 g/mol. The summed E-state index contributed by atoms with van der Waals surface area (Å²) in [6.45, 7) is 0. The van der Waals surface area contributed by atoms with E-state index in [2.05, 4.69) is 5.32 Å². The van der Waals surface area contributed by atoms with E-state index in [9.17, 15) is 23.5 Å². The Bertz CT molecular complexity index is 1060. The van der Waals surface area contributed by atoms with Crippen molar-refractivity contribution in [3.63, 3.8) is 0 Å². The van der Waals surface area contributed by atoms with Crippen molar-refractivity contribution in [3.05, 3.63) is 76.0 Å². The summed E-state index contributed by atoms with van der Waals surface area (Å²) in [4.78, 5) is 32.0. The van der Waals surface area contributed by atoms with Gasteiger partial charge in [-0.15, -0.1) is 11.3 Å². The predicted molar refractivity (Wildman–Crippen MR) is 105 cm³/mol. The van der Waals surface area contributed by atoms with Gasteiger partial charge in [0, 0.05) is 15.9 Å². The summed E-state index contributed by atoms with van der Waals surface area (Å²) in [5.74, 6) is -1.23. The summed E-state index contributed by atoms with van der Waals surface area (Å²) in [6.07, 6.45) is 2.76. The lowest BCUT2D eigenvalue weighted by atomic mass is 10.1. The average Bonchev–Trinajstić information content (AvgIpc) is 2.98. The molecular formula is C18H14ClFNO4PS. The second-order valence-corrected chi connectivity index (χ2v) is 8.76. The third-order valence-corrected chi connectivity index (χ3v) is 6.22. The van der Waals surface area contributed by atoms with Crippen LogP contribution in [0.1, 0.15) is 16.8 Å². The minimum Gasteiger partial charge on any atom is -0.332 e. The van der Waals surface area contributed by atoms with E-state index in [0.717, 1.165) is 4.70 Å². The number of halogens is 2. The molecule has 1 atom stereocenters. The molecule has 0 spiro atoms. The van der Waals surface area contributed by atoms with Crippen molar-refractivity contribution >= 4 is 52.6 Å². The van der Waals surface area contributed by atoms with Crippen molar-refractivity contribution in [3.8, 4) is 0 Å². The van der Waals surface area contributed by atoms with Gasteiger partial charge >= 0.3 is 7.60 Å². The second kappa shape index (κ2) is 7.92. The number of carbonyl (C=O) groups excluding carboxylic acids is 1. The highest BCUT2D eigenvalue weighted by atomic mass is 35.5. The van der Waals surface area contributed by atoms with Crippen molar-refractivity contribution in [1.29, 1.82) is 0 Å². The van der Waals surface area contributed by atoms with Crippen LogP contribution in [0.3, 0.4) is 0 Å². The molecule has 3 rings (SSSR count). The molecule has 2 aromatic carbocycles. The van der Waals surface area contributed by atoms with Crippen LogP contribution in [-0.4, -0.2) is 15.7 Å². The van der Waals surface area contributed by atoms with E-state index in [1.165, 1.54) is 47.9 Å². The third-order valence-electron chi connectivity index (χ3n) is 3.82. The highest BCUT2D eigenvalue weighted by Gasteiger charge is 2.38. The topological polar surface area (TPSA) is 86.6 Å².